The van der Waals surface area contributed by atoms with Crippen LogP contribution in [0.25, 0.3) is 10.9 Å². The summed E-state index contributed by atoms with van der Waals surface area (Å²) >= 11 is 0. The van der Waals surface area contributed by atoms with E-state index >= 15 is 0 Å². The number of nitrogen functional groups attached to an aromatic ring is 1. The molecule has 2 aromatic rings. The number of aromatic nitrogens is 2. The summed E-state index contributed by atoms with van der Waals surface area (Å²) in [5.41, 5.74) is 7.61. The first-order valence-corrected chi connectivity index (χ1v) is 5.60. The van der Waals surface area contributed by atoms with Crippen LogP contribution in [0, 0.1) is 12.3 Å². The molecule has 0 saturated heterocycles. The SMILES string of the molecule is Cc1nn(C(=O)C(C)(C)C)c2ccc(N)cc12. The topological polar surface area (TPSA) is 60.9 Å². The lowest BCUT2D eigenvalue weighted by Gasteiger charge is -2.16. The van der Waals surface area contributed by atoms with Crippen LogP contribution in [0.2, 0.25) is 0 Å². The van der Waals surface area contributed by atoms with Crippen LogP contribution in [-0.2, 0) is 0 Å². The second-order valence-corrected chi connectivity index (χ2v) is 5.33. The van der Waals surface area contributed by atoms with E-state index in [1.54, 1.807) is 6.07 Å². The van der Waals surface area contributed by atoms with Gasteiger partial charge >= 0.3 is 0 Å². The maximum atomic E-state index is 12.2. The zero-order valence-electron chi connectivity index (χ0n) is 10.6. The summed E-state index contributed by atoms with van der Waals surface area (Å²) in [6.07, 6.45) is 0. The van der Waals surface area contributed by atoms with Crippen molar-refractivity contribution in [3.8, 4) is 0 Å². The first-order chi connectivity index (χ1) is 7.80. The maximum absolute atomic E-state index is 12.2. The van der Waals surface area contributed by atoms with Crippen LogP contribution < -0.4 is 5.73 Å². The third-order valence-electron chi connectivity index (χ3n) is 2.72. The molecule has 0 amide bonds. The predicted octanol–water partition coefficient (Wildman–Crippen LogP) is 2.61. The van der Waals surface area contributed by atoms with E-state index in [4.69, 9.17) is 5.73 Å². The standard InChI is InChI=1S/C13H17N3O/c1-8-10-7-9(14)5-6-11(10)16(15-8)12(17)13(2,3)4/h5-7H,14H2,1-4H3. The smallest absolute Gasteiger partial charge is 0.252 e. The summed E-state index contributed by atoms with van der Waals surface area (Å²) in [6.45, 7) is 7.54. The zero-order chi connectivity index (χ0) is 12.8. The number of nitrogens with zero attached hydrogens (tertiary/aromatic N) is 2. The highest BCUT2D eigenvalue weighted by Gasteiger charge is 2.25. The lowest BCUT2D eigenvalue weighted by molar-refractivity contribution is 0.0755. The van der Waals surface area contributed by atoms with Crippen molar-refractivity contribution >= 4 is 22.5 Å². The number of aryl methyl sites for hydroxylation is 1. The minimum absolute atomic E-state index is 0.0135. The van der Waals surface area contributed by atoms with Crippen molar-refractivity contribution in [2.75, 3.05) is 5.73 Å². The van der Waals surface area contributed by atoms with Gasteiger partial charge in [0.05, 0.1) is 11.2 Å². The van der Waals surface area contributed by atoms with Gasteiger partial charge in [0, 0.05) is 16.5 Å². The van der Waals surface area contributed by atoms with E-state index in [0.717, 1.165) is 16.6 Å². The summed E-state index contributed by atoms with van der Waals surface area (Å²) in [5, 5.41) is 5.24. The third kappa shape index (κ3) is 1.90. The van der Waals surface area contributed by atoms with E-state index in [-0.39, 0.29) is 5.91 Å². The fraction of sp³-hybridized carbons (Fsp3) is 0.385. The number of nitrogens with two attached hydrogens (primary N) is 1. The maximum Gasteiger partial charge on any atom is 0.252 e. The second kappa shape index (κ2) is 3.58. The Bertz CT molecular complexity index is 590. The molecule has 1 aromatic heterocycles. The van der Waals surface area contributed by atoms with Gasteiger partial charge in [-0.15, -0.1) is 0 Å². The highest BCUT2D eigenvalue weighted by atomic mass is 16.2. The Labute approximate surface area is 100 Å². The zero-order valence-corrected chi connectivity index (χ0v) is 10.6. The van der Waals surface area contributed by atoms with E-state index in [2.05, 4.69) is 5.10 Å². The van der Waals surface area contributed by atoms with E-state index in [9.17, 15) is 4.79 Å². The van der Waals surface area contributed by atoms with Crippen molar-refractivity contribution < 1.29 is 4.79 Å². The number of benzene rings is 1. The molecule has 0 unspecified atom stereocenters. The molecular weight excluding hydrogens is 214 g/mol. The number of fused-ring (bicyclic) bond motifs is 1. The molecule has 0 bridgehead atoms. The van der Waals surface area contributed by atoms with Gasteiger partial charge in [0.25, 0.3) is 5.91 Å². The summed E-state index contributed by atoms with van der Waals surface area (Å²) in [7, 11) is 0. The number of hydrogen-bond acceptors (Lipinski definition) is 3. The molecule has 0 saturated carbocycles. The molecule has 4 nitrogen and oxygen atoms in total. The Morgan fingerprint density at radius 1 is 1.35 bits per heavy atom. The average Bonchev–Trinajstić information content (AvgIpc) is 2.53. The summed E-state index contributed by atoms with van der Waals surface area (Å²) < 4.78 is 1.48. The van der Waals surface area contributed by atoms with Crippen LogP contribution in [0.4, 0.5) is 5.69 Å². The largest absolute Gasteiger partial charge is 0.399 e. The fourth-order valence-corrected chi connectivity index (χ4v) is 1.76. The van der Waals surface area contributed by atoms with Crippen molar-refractivity contribution in [3.63, 3.8) is 0 Å². The van der Waals surface area contributed by atoms with Crippen LogP contribution in [-0.4, -0.2) is 15.7 Å². The molecule has 2 N–H and O–H groups in total. The minimum atomic E-state index is -0.452. The molecule has 0 atom stereocenters. The van der Waals surface area contributed by atoms with E-state index in [0.29, 0.717) is 5.69 Å². The van der Waals surface area contributed by atoms with Gasteiger partial charge in [-0.3, -0.25) is 4.79 Å². The number of carbonyl (C=O) groups is 1. The second-order valence-electron chi connectivity index (χ2n) is 5.33. The Morgan fingerprint density at radius 2 is 2.00 bits per heavy atom. The van der Waals surface area contributed by atoms with Gasteiger partial charge in [-0.25, -0.2) is 0 Å². The third-order valence-corrected chi connectivity index (χ3v) is 2.72. The number of carbonyl (C=O) groups excluding carboxylic acids is 1. The molecule has 2 rings (SSSR count). The fourth-order valence-electron chi connectivity index (χ4n) is 1.76. The lowest BCUT2D eigenvalue weighted by Crippen LogP contribution is -2.27. The van der Waals surface area contributed by atoms with Crippen LogP contribution in [0.3, 0.4) is 0 Å². The summed E-state index contributed by atoms with van der Waals surface area (Å²) in [4.78, 5) is 12.2. The predicted molar refractivity (Wildman–Crippen MR) is 69.0 cm³/mol. The molecule has 0 radical (unpaired) electrons. The summed E-state index contributed by atoms with van der Waals surface area (Å²) in [5.74, 6) is -0.0135. The molecule has 90 valence electrons. The Morgan fingerprint density at radius 3 is 2.59 bits per heavy atom. The molecule has 1 heterocycles. The molecule has 0 aliphatic carbocycles. The Balaban J connectivity index is 2.68. The Kier molecular flexibility index (Phi) is 2.45. The molecular formula is C13H17N3O. The normalized spacial score (nSPS) is 12.0. The lowest BCUT2D eigenvalue weighted by atomic mass is 9.96. The van der Waals surface area contributed by atoms with Gasteiger partial charge < -0.3 is 5.73 Å². The molecule has 0 spiro atoms. The van der Waals surface area contributed by atoms with Gasteiger partial charge in [-0.2, -0.15) is 9.78 Å². The molecule has 17 heavy (non-hydrogen) atoms. The number of hydrogen-bond donors (Lipinski definition) is 1. The first-order valence-electron chi connectivity index (χ1n) is 5.60. The number of anilines is 1. The van der Waals surface area contributed by atoms with E-state index in [1.165, 1.54) is 4.68 Å². The minimum Gasteiger partial charge on any atom is -0.399 e. The number of rotatable bonds is 0. The molecule has 4 heteroatoms. The van der Waals surface area contributed by atoms with Crippen LogP contribution in [0.1, 0.15) is 31.3 Å². The summed E-state index contributed by atoms with van der Waals surface area (Å²) in [6, 6.07) is 5.48. The Hall–Kier alpha value is -1.84. The van der Waals surface area contributed by atoms with Crippen molar-refractivity contribution in [2.24, 2.45) is 5.41 Å². The van der Waals surface area contributed by atoms with E-state index < -0.39 is 5.41 Å². The van der Waals surface area contributed by atoms with Crippen molar-refractivity contribution in [1.29, 1.82) is 0 Å². The van der Waals surface area contributed by atoms with Gasteiger partial charge in [-0.05, 0) is 25.1 Å². The van der Waals surface area contributed by atoms with Crippen LogP contribution in [0.5, 0.6) is 0 Å². The molecule has 1 aromatic carbocycles. The monoisotopic (exact) mass is 231 g/mol. The molecule has 0 fully saturated rings. The van der Waals surface area contributed by atoms with Crippen LogP contribution in [0.15, 0.2) is 18.2 Å². The van der Waals surface area contributed by atoms with E-state index in [1.807, 2.05) is 39.8 Å². The highest BCUT2D eigenvalue weighted by molar-refractivity contribution is 5.95. The van der Waals surface area contributed by atoms with Crippen molar-refractivity contribution in [3.05, 3.63) is 23.9 Å². The first kappa shape index (κ1) is 11.6. The molecule has 0 aliphatic heterocycles. The quantitative estimate of drug-likeness (QED) is 0.709. The highest BCUT2D eigenvalue weighted by Crippen LogP contribution is 2.24. The van der Waals surface area contributed by atoms with Crippen molar-refractivity contribution in [2.45, 2.75) is 27.7 Å². The molecule has 0 aliphatic rings. The van der Waals surface area contributed by atoms with Gasteiger partial charge in [0.2, 0.25) is 0 Å². The van der Waals surface area contributed by atoms with Crippen molar-refractivity contribution in [1.82, 2.24) is 9.78 Å². The van der Waals surface area contributed by atoms with Gasteiger partial charge in [-0.1, -0.05) is 20.8 Å². The van der Waals surface area contributed by atoms with Crippen LogP contribution >= 0.6 is 0 Å². The van der Waals surface area contributed by atoms with Gasteiger partial charge in [0.15, 0.2) is 0 Å². The van der Waals surface area contributed by atoms with Gasteiger partial charge in [0.1, 0.15) is 0 Å². The average molecular weight is 231 g/mol.